The van der Waals surface area contributed by atoms with Crippen LogP contribution >= 0.6 is 0 Å². The lowest BCUT2D eigenvalue weighted by Crippen LogP contribution is -2.08. The Hall–Kier alpha value is -2.15. The molecule has 112 valence electrons. The number of aromatic nitrogens is 2. The summed E-state index contributed by atoms with van der Waals surface area (Å²) >= 11 is 0. The van der Waals surface area contributed by atoms with Gasteiger partial charge in [0.2, 0.25) is 0 Å². The zero-order chi connectivity index (χ0) is 15.5. The summed E-state index contributed by atoms with van der Waals surface area (Å²) in [5.41, 5.74) is 0.832. The van der Waals surface area contributed by atoms with Gasteiger partial charge >= 0.3 is 12.2 Å². The van der Waals surface area contributed by atoms with Crippen molar-refractivity contribution in [3.8, 4) is 11.8 Å². The average Bonchev–Trinajstić information content (AvgIpc) is 2.41. The van der Waals surface area contributed by atoms with E-state index in [1.54, 1.807) is 20.2 Å². The number of halogens is 3. The van der Waals surface area contributed by atoms with Crippen molar-refractivity contribution in [2.45, 2.75) is 19.6 Å². The number of rotatable bonds is 4. The van der Waals surface area contributed by atoms with E-state index in [0.717, 1.165) is 17.7 Å². The van der Waals surface area contributed by atoms with E-state index in [1.165, 1.54) is 12.1 Å². The Morgan fingerprint density at radius 1 is 1.29 bits per heavy atom. The molecule has 0 amide bonds. The standard InChI is InChI=1S/C14H14F3N3O/c1-9-10(7-18-2)8-19-13(20-9)21-12-5-3-4-11(6-12)14(15,16)17/h3-6,8,18H,7H2,1-2H3. The van der Waals surface area contributed by atoms with Gasteiger partial charge in [0.05, 0.1) is 5.56 Å². The molecule has 0 saturated heterocycles. The lowest BCUT2D eigenvalue weighted by molar-refractivity contribution is -0.137. The fourth-order valence-corrected chi connectivity index (χ4v) is 1.73. The van der Waals surface area contributed by atoms with E-state index in [4.69, 9.17) is 4.74 Å². The van der Waals surface area contributed by atoms with Crippen molar-refractivity contribution in [2.75, 3.05) is 7.05 Å². The van der Waals surface area contributed by atoms with Crippen molar-refractivity contribution in [3.05, 3.63) is 47.3 Å². The van der Waals surface area contributed by atoms with Crippen LogP contribution in [0, 0.1) is 6.92 Å². The third-order valence-electron chi connectivity index (χ3n) is 2.80. The molecule has 0 aliphatic carbocycles. The minimum atomic E-state index is -4.41. The van der Waals surface area contributed by atoms with Gasteiger partial charge in [0.15, 0.2) is 0 Å². The number of alkyl halides is 3. The molecule has 2 aromatic rings. The van der Waals surface area contributed by atoms with Gasteiger partial charge in [-0.1, -0.05) is 6.07 Å². The van der Waals surface area contributed by atoms with Gasteiger partial charge in [0.25, 0.3) is 0 Å². The Morgan fingerprint density at radius 3 is 2.67 bits per heavy atom. The number of hydrogen-bond donors (Lipinski definition) is 1. The molecule has 0 aliphatic heterocycles. The molecule has 0 aliphatic rings. The maximum Gasteiger partial charge on any atom is 0.416 e. The van der Waals surface area contributed by atoms with E-state index < -0.39 is 11.7 Å². The molecule has 0 atom stereocenters. The number of benzene rings is 1. The van der Waals surface area contributed by atoms with Gasteiger partial charge in [-0.05, 0) is 32.2 Å². The summed E-state index contributed by atoms with van der Waals surface area (Å²) < 4.78 is 43.1. The van der Waals surface area contributed by atoms with Gasteiger partial charge < -0.3 is 10.1 Å². The lowest BCUT2D eigenvalue weighted by Gasteiger charge is -2.10. The Balaban J connectivity index is 2.20. The first-order valence-electron chi connectivity index (χ1n) is 6.22. The van der Waals surface area contributed by atoms with Crippen molar-refractivity contribution in [1.29, 1.82) is 0 Å². The minimum Gasteiger partial charge on any atom is -0.424 e. The molecule has 2 rings (SSSR count). The average molecular weight is 297 g/mol. The molecule has 0 bridgehead atoms. The maximum absolute atomic E-state index is 12.6. The minimum absolute atomic E-state index is 0.0201. The van der Waals surface area contributed by atoms with Crippen molar-refractivity contribution in [3.63, 3.8) is 0 Å². The van der Waals surface area contributed by atoms with Crippen LogP contribution in [0.5, 0.6) is 11.8 Å². The Bertz CT molecular complexity index is 629. The summed E-state index contributed by atoms with van der Waals surface area (Å²) in [6, 6.07) is 4.62. The molecule has 1 N–H and O–H groups in total. The van der Waals surface area contributed by atoms with Gasteiger partial charge in [-0.15, -0.1) is 0 Å². The van der Waals surface area contributed by atoms with Crippen LogP contribution in [0.1, 0.15) is 16.8 Å². The molecule has 7 heteroatoms. The van der Waals surface area contributed by atoms with Crippen LogP contribution < -0.4 is 10.1 Å². The first kappa shape index (κ1) is 15.2. The fourth-order valence-electron chi connectivity index (χ4n) is 1.73. The largest absolute Gasteiger partial charge is 0.424 e. The predicted octanol–water partition coefficient (Wildman–Crippen LogP) is 3.32. The molecule has 21 heavy (non-hydrogen) atoms. The third-order valence-corrected chi connectivity index (χ3v) is 2.80. The predicted molar refractivity (Wildman–Crippen MR) is 71.1 cm³/mol. The van der Waals surface area contributed by atoms with E-state index in [9.17, 15) is 13.2 Å². The smallest absolute Gasteiger partial charge is 0.416 e. The molecule has 0 spiro atoms. The van der Waals surface area contributed by atoms with Crippen LogP contribution in [-0.4, -0.2) is 17.0 Å². The van der Waals surface area contributed by atoms with Crippen molar-refractivity contribution < 1.29 is 17.9 Å². The molecule has 0 unspecified atom stereocenters. The molecule has 4 nitrogen and oxygen atoms in total. The van der Waals surface area contributed by atoms with Crippen LogP contribution in [0.15, 0.2) is 30.5 Å². The van der Waals surface area contributed by atoms with Crippen molar-refractivity contribution >= 4 is 0 Å². The van der Waals surface area contributed by atoms with Gasteiger partial charge in [-0.25, -0.2) is 4.98 Å². The molecule has 0 saturated carbocycles. The van der Waals surface area contributed by atoms with E-state index in [0.29, 0.717) is 12.2 Å². The number of hydrogen-bond acceptors (Lipinski definition) is 4. The topological polar surface area (TPSA) is 47.0 Å². The second-order valence-corrected chi connectivity index (χ2v) is 4.42. The Labute approximate surface area is 120 Å². The van der Waals surface area contributed by atoms with Crippen LogP contribution in [0.25, 0.3) is 0 Å². The second kappa shape index (κ2) is 6.09. The Morgan fingerprint density at radius 2 is 2.05 bits per heavy atom. The normalized spacial score (nSPS) is 11.5. The summed E-state index contributed by atoms with van der Waals surface area (Å²) in [7, 11) is 1.80. The highest BCUT2D eigenvalue weighted by Crippen LogP contribution is 2.32. The summed E-state index contributed by atoms with van der Waals surface area (Å²) in [5.74, 6) is 0.0468. The molecule has 1 aromatic carbocycles. The third kappa shape index (κ3) is 3.91. The van der Waals surface area contributed by atoms with Gasteiger partial charge in [0.1, 0.15) is 5.75 Å². The molecule has 0 radical (unpaired) electrons. The van der Waals surface area contributed by atoms with Crippen molar-refractivity contribution in [1.82, 2.24) is 15.3 Å². The van der Waals surface area contributed by atoms with Gasteiger partial charge in [-0.3, -0.25) is 0 Å². The highest BCUT2D eigenvalue weighted by Gasteiger charge is 2.30. The summed E-state index contributed by atoms with van der Waals surface area (Å²) in [5, 5.41) is 2.97. The number of nitrogens with one attached hydrogen (secondary N) is 1. The monoisotopic (exact) mass is 297 g/mol. The van der Waals surface area contributed by atoms with Crippen LogP contribution in [0.3, 0.4) is 0 Å². The van der Waals surface area contributed by atoms with E-state index in [-0.39, 0.29) is 11.8 Å². The van der Waals surface area contributed by atoms with Crippen LogP contribution in [0.4, 0.5) is 13.2 Å². The highest BCUT2D eigenvalue weighted by molar-refractivity contribution is 5.32. The second-order valence-electron chi connectivity index (χ2n) is 4.42. The highest BCUT2D eigenvalue weighted by atomic mass is 19.4. The number of nitrogens with zero attached hydrogens (tertiary/aromatic N) is 2. The molecule has 1 heterocycles. The first-order chi connectivity index (χ1) is 9.90. The molecular formula is C14H14F3N3O. The zero-order valence-electron chi connectivity index (χ0n) is 11.5. The molecule has 1 aromatic heterocycles. The summed E-state index contributed by atoms with van der Waals surface area (Å²) in [6.07, 6.45) is -2.82. The summed E-state index contributed by atoms with van der Waals surface area (Å²) in [6.45, 7) is 2.39. The van der Waals surface area contributed by atoms with E-state index >= 15 is 0 Å². The first-order valence-corrected chi connectivity index (χ1v) is 6.22. The van der Waals surface area contributed by atoms with Crippen LogP contribution in [0.2, 0.25) is 0 Å². The maximum atomic E-state index is 12.6. The molecule has 0 fully saturated rings. The molecular weight excluding hydrogens is 283 g/mol. The quantitative estimate of drug-likeness (QED) is 0.940. The zero-order valence-corrected chi connectivity index (χ0v) is 11.5. The SMILES string of the molecule is CNCc1cnc(Oc2cccc(C(F)(F)F)c2)nc1C. The van der Waals surface area contributed by atoms with Crippen LogP contribution in [-0.2, 0) is 12.7 Å². The fraction of sp³-hybridized carbons (Fsp3) is 0.286. The lowest BCUT2D eigenvalue weighted by atomic mass is 10.2. The van der Waals surface area contributed by atoms with Gasteiger partial charge in [0, 0.05) is 24.0 Å². The number of aryl methyl sites for hydroxylation is 1. The van der Waals surface area contributed by atoms with E-state index in [1.807, 2.05) is 0 Å². The summed E-state index contributed by atoms with van der Waals surface area (Å²) in [4.78, 5) is 8.11. The Kier molecular flexibility index (Phi) is 4.42. The van der Waals surface area contributed by atoms with Gasteiger partial charge in [-0.2, -0.15) is 18.2 Å². The van der Waals surface area contributed by atoms with Crippen molar-refractivity contribution in [2.24, 2.45) is 0 Å². The van der Waals surface area contributed by atoms with E-state index in [2.05, 4.69) is 15.3 Å². The number of ether oxygens (including phenoxy) is 1.